The number of rotatable bonds is 6. The summed E-state index contributed by atoms with van der Waals surface area (Å²) in [5.41, 5.74) is 0.279. The van der Waals surface area contributed by atoms with Gasteiger partial charge in [-0.2, -0.15) is 0 Å². The predicted molar refractivity (Wildman–Crippen MR) is 101 cm³/mol. The van der Waals surface area contributed by atoms with E-state index < -0.39 is 17.5 Å². The molecule has 0 aromatic heterocycles. The molecule has 0 heterocycles. The summed E-state index contributed by atoms with van der Waals surface area (Å²) in [6, 6.07) is 7.99. The number of carbonyl (C=O) groups excluding carboxylic acids is 2. The molecule has 0 atom stereocenters. The normalized spacial score (nSPS) is 10.4. The maximum atomic E-state index is 13.5. The Balaban J connectivity index is 1.76. The lowest BCUT2D eigenvalue weighted by molar-refractivity contribution is -0.116. The maximum Gasteiger partial charge on any atom is 0.254 e. The van der Waals surface area contributed by atoms with Crippen LogP contribution < -0.4 is 10.6 Å². The van der Waals surface area contributed by atoms with Crippen LogP contribution in [0.2, 0.25) is 5.02 Å². The van der Waals surface area contributed by atoms with Crippen molar-refractivity contribution in [1.82, 2.24) is 5.32 Å². The van der Waals surface area contributed by atoms with Crippen molar-refractivity contribution < 1.29 is 18.4 Å². The molecule has 0 spiro atoms. The van der Waals surface area contributed by atoms with Crippen molar-refractivity contribution in [3.63, 3.8) is 0 Å². The highest BCUT2D eigenvalue weighted by Gasteiger charge is 2.12. The van der Waals surface area contributed by atoms with Crippen LogP contribution in [-0.4, -0.2) is 18.4 Å². The Kier molecular flexibility index (Phi) is 7.12. The average Bonchev–Trinajstić information content (AvgIpc) is 2.54. The first-order valence-electron chi connectivity index (χ1n) is 7.35. The Hall–Kier alpha value is -1.74. The van der Waals surface area contributed by atoms with Crippen LogP contribution >= 0.6 is 34.2 Å². The molecule has 0 saturated heterocycles. The third-order valence-electron chi connectivity index (χ3n) is 3.25. The Morgan fingerprint density at radius 2 is 1.88 bits per heavy atom. The van der Waals surface area contributed by atoms with Crippen molar-refractivity contribution in [3.8, 4) is 0 Å². The smallest absolute Gasteiger partial charge is 0.254 e. The zero-order valence-electron chi connectivity index (χ0n) is 12.9. The first-order valence-corrected chi connectivity index (χ1v) is 8.80. The van der Waals surface area contributed by atoms with Gasteiger partial charge in [0.15, 0.2) is 0 Å². The topological polar surface area (TPSA) is 58.2 Å². The molecule has 2 aromatic carbocycles. The minimum atomic E-state index is -0.927. The van der Waals surface area contributed by atoms with Crippen LogP contribution in [0.1, 0.15) is 23.2 Å². The highest BCUT2D eigenvalue weighted by Crippen LogP contribution is 2.23. The summed E-state index contributed by atoms with van der Waals surface area (Å²) in [5.74, 6) is -2.58. The van der Waals surface area contributed by atoms with Gasteiger partial charge in [0.05, 0.1) is 16.3 Å². The quantitative estimate of drug-likeness (QED) is 0.478. The molecule has 0 aliphatic rings. The zero-order valence-corrected chi connectivity index (χ0v) is 15.8. The van der Waals surface area contributed by atoms with E-state index in [0.29, 0.717) is 23.2 Å². The van der Waals surface area contributed by atoms with E-state index >= 15 is 0 Å². The molecule has 8 heteroatoms. The fourth-order valence-electron chi connectivity index (χ4n) is 2.02. The lowest BCUT2D eigenvalue weighted by atomic mass is 10.2. The summed E-state index contributed by atoms with van der Waals surface area (Å²) < 4.78 is 27.2. The molecular formula is C17H14ClF2IN2O2. The highest BCUT2D eigenvalue weighted by atomic mass is 127. The molecule has 0 aliphatic heterocycles. The van der Waals surface area contributed by atoms with Gasteiger partial charge in [0, 0.05) is 22.6 Å². The average molecular weight is 479 g/mol. The molecule has 2 aromatic rings. The number of carbonyl (C=O) groups is 2. The van der Waals surface area contributed by atoms with E-state index in [-0.39, 0.29) is 24.4 Å². The molecule has 2 rings (SSSR count). The van der Waals surface area contributed by atoms with Crippen LogP contribution in [0.15, 0.2) is 36.4 Å². The van der Waals surface area contributed by atoms with Crippen molar-refractivity contribution in [3.05, 3.63) is 62.2 Å². The summed E-state index contributed by atoms with van der Waals surface area (Å²) in [6.45, 7) is 0.184. The SMILES string of the molecule is O=C(CCCNC(=O)c1ccc(F)cc1F)Nc1ccc(I)cc1Cl. The third-order valence-corrected chi connectivity index (χ3v) is 4.23. The molecule has 0 radical (unpaired) electrons. The van der Waals surface area contributed by atoms with Crippen LogP contribution in [0.3, 0.4) is 0 Å². The van der Waals surface area contributed by atoms with Gasteiger partial charge in [0.25, 0.3) is 5.91 Å². The largest absolute Gasteiger partial charge is 0.352 e. The number of nitrogens with one attached hydrogen (secondary N) is 2. The van der Waals surface area contributed by atoms with E-state index in [4.69, 9.17) is 11.6 Å². The summed E-state index contributed by atoms with van der Waals surface area (Å²) in [7, 11) is 0. The third kappa shape index (κ3) is 5.93. The molecule has 132 valence electrons. The lowest BCUT2D eigenvalue weighted by Crippen LogP contribution is -2.26. The van der Waals surface area contributed by atoms with Gasteiger partial charge in [0.1, 0.15) is 11.6 Å². The molecule has 0 bridgehead atoms. The summed E-state index contributed by atoms with van der Waals surface area (Å²) in [5, 5.41) is 5.62. The molecule has 2 amide bonds. The molecule has 0 unspecified atom stereocenters. The van der Waals surface area contributed by atoms with Crippen molar-refractivity contribution in [2.24, 2.45) is 0 Å². The number of halogens is 4. The first-order chi connectivity index (χ1) is 11.9. The standard InChI is InChI=1S/C17H14ClF2IN2O2/c18-13-9-11(21)4-6-15(13)23-16(24)2-1-7-22-17(25)12-5-3-10(19)8-14(12)20/h3-6,8-9H,1-2,7H2,(H,22,25)(H,23,24). The van der Waals surface area contributed by atoms with E-state index in [0.717, 1.165) is 15.7 Å². The van der Waals surface area contributed by atoms with E-state index in [9.17, 15) is 18.4 Å². The van der Waals surface area contributed by atoms with Gasteiger partial charge in [-0.3, -0.25) is 9.59 Å². The highest BCUT2D eigenvalue weighted by molar-refractivity contribution is 14.1. The fourth-order valence-corrected chi connectivity index (χ4v) is 2.93. The van der Waals surface area contributed by atoms with E-state index in [2.05, 4.69) is 33.2 Å². The minimum Gasteiger partial charge on any atom is -0.352 e. The monoisotopic (exact) mass is 478 g/mol. The molecule has 25 heavy (non-hydrogen) atoms. The van der Waals surface area contributed by atoms with Crippen LogP contribution in [0, 0.1) is 15.2 Å². The number of hydrogen-bond acceptors (Lipinski definition) is 2. The number of benzene rings is 2. The Bertz CT molecular complexity index is 802. The van der Waals surface area contributed by atoms with Crippen LogP contribution in [0.4, 0.5) is 14.5 Å². The van der Waals surface area contributed by atoms with Gasteiger partial charge < -0.3 is 10.6 Å². The van der Waals surface area contributed by atoms with Crippen LogP contribution in [-0.2, 0) is 4.79 Å². The Labute approximate surface area is 162 Å². The summed E-state index contributed by atoms with van der Waals surface area (Å²) in [4.78, 5) is 23.7. The first kappa shape index (κ1) is 19.6. The van der Waals surface area contributed by atoms with Crippen molar-refractivity contribution >= 4 is 51.7 Å². The van der Waals surface area contributed by atoms with Crippen molar-refractivity contribution in [2.45, 2.75) is 12.8 Å². The fraction of sp³-hybridized carbons (Fsp3) is 0.176. The van der Waals surface area contributed by atoms with E-state index in [1.54, 1.807) is 12.1 Å². The van der Waals surface area contributed by atoms with Gasteiger partial charge in [-0.05, 0) is 59.3 Å². The van der Waals surface area contributed by atoms with Crippen LogP contribution in [0.5, 0.6) is 0 Å². The molecule has 4 nitrogen and oxygen atoms in total. The lowest BCUT2D eigenvalue weighted by Gasteiger charge is -2.08. The Morgan fingerprint density at radius 1 is 1.12 bits per heavy atom. The summed E-state index contributed by atoms with van der Waals surface area (Å²) >= 11 is 8.14. The second-order valence-electron chi connectivity index (χ2n) is 5.16. The molecule has 0 aliphatic carbocycles. The van der Waals surface area contributed by atoms with Gasteiger partial charge in [-0.1, -0.05) is 11.6 Å². The summed E-state index contributed by atoms with van der Waals surface area (Å²) in [6.07, 6.45) is 0.525. The van der Waals surface area contributed by atoms with Crippen molar-refractivity contribution in [2.75, 3.05) is 11.9 Å². The second kappa shape index (κ2) is 9.10. The zero-order chi connectivity index (χ0) is 18.4. The van der Waals surface area contributed by atoms with Crippen LogP contribution in [0.25, 0.3) is 0 Å². The number of anilines is 1. The van der Waals surface area contributed by atoms with Gasteiger partial charge in [-0.15, -0.1) is 0 Å². The molecule has 0 saturated carbocycles. The number of hydrogen-bond donors (Lipinski definition) is 2. The maximum absolute atomic E-state index is 13.5. The van der Waals surface area contributed by atoms with E-state index in [1.807, 2.05) is 6.07 Å². The Morgan fingerprint density at radius 3 is 2.56 bits per heavy atom. The predicted octanol–water partition coefficient (Wildman–Crippen LogP) is 4.37. The van der Waals surface area contributed by atoms with Gasteiger partial charge >= 0.3 is 0 Å². The van der Waals surface area contributed by atoms with Gasteiger partial charge in [0.2, 0.25) is 5.91 Å². The van der Waals surface area contributed by atoms with E-state index in [1.165, 1.54) is 0 Å². The molecule has 0 fully saturated rings. The number of amides is 2. The molecule has 2 N–H and O–H groups in total. The van der Waals surface area contributed by atoms with Gasteiger partial charge in [-0.25, -0.2) is 8.78 Å². The minimum absolute atomic E-state index is 0.161. The van der Waals surface area contributed by atoms with Crippen molar-refractivity contribution in [1.29, 1.82) is 0 Å². The molecular weight excluding hydrogens is 465 g/mol. The second-order valence-corrected chi connectivity index (χ2v) is 6.81.